The minimum atomic E-state index is -0.532. The number of carbonyl (C=O) groups excluding carboxylic acids is 2. The van der Waals surface area contributed by atoms with Crippen LogP contribution in [0.4, 0.5) is 5.69 Å². The number of primary amides is 2. The average Bonchev–Trinajstić information content (AvgIpc) is 2.14. The molecule has 7 nitrogen and oxygen atoms in total. The van der Waals surface area contributed by atoms with Crippen LogP contribution in [-0.4, -0.2) is 34.8 Å². The molecular formula is C10H15N5O2. The second-order valence-electron chi connectivity index (χ2n) is 3.66. The lowest BCUT2D eigenvalue weighted by molar-refractivity contribution is -0.122. The molecule has 0 aliphatic carbocycles. The molecule has 1 aromatic heterocycles. The molecule has 1 aromatic rings. The van der Waals surface area contributed by atoms with Crippen LogP contribution in [0.1, 0.15) is 5.69 Å². The topological polar surface area (TPSA) is 128 Å². The van der Waals surface area contributed by atoms with E-state index in [1.54, 1.807) is 18.3 Å². The average molecular weight is 237 g/mol. The summed E-state index contributed by atoms with van der Waals surface area (Å²) in [6, 6.07) is 3.31. The first-order chi connectivity index (χ1) is 7.97. The van der Waals surface area contributed by atoms with Crippen LogP contribution < -0.4 is 17.2 Å². The SMILES string of the molecule is NC(=O)CN(CC(N)=O)Cc1cc(N)ccn1. The third-order valence-electron chi connectivity index (χ3n) is 1.99. The van der Waals surface area contributed by atoms with Gasteiger partial charge in [-0.15, -0.1) is 0 Å². The van der Waals surface area contributed by atoms with Gasteiger partial charge in [-0.1, -0.05) is 0 Å². The Labute approximate surface area is 98.6 Å². The Balaban J connectivity index is 2.71. The quantitative estimate of drug-likeness (QED) is 0.551. The lowest BCUT2D eigenvalue weighted by atomic mass is 10.3. The molecule has 0 aromatic carbocycles. The van der Waals surface area contributed by atoms with Gasteiger partial charge >= 0.3 is 0 Å². The molecule has 0 aliphatic rings. The summed E-state index contributed by atoms with van der Waals surface area (Å²) < 4.78 is 0. The summed E-state index contributed by atoms with van der Waals surface area (Å²) in [6.45, 7) is 0.176. The molecule has 0 bridgehead atoms. The van der Waals surface area contributed by atoms with E-state index in [9.17, 15) is 9.59 Å². The fraction of sp³-hybridized carbons (Fsp3) is 0.300. The van der Waals surface area contributed by atoms with Crippen LogP contribution >= 0.6 is 0 Å². The van der Waals surface area contributed by atoms with Gasteiger partial charge in [0.05, 0.1) is 18.8 Å². The van der Waals surface area contributed by atoms with Crippen LogP contribution in [0, 0.1) is 0 Å². The fourth-order valence-electron chi connectivity index (χ4n) is 1.42. The van der Waals surface area contributed by atoms with Crippen molar-refractivity contribution in [1.82, 2.24) is 9.88 Å². The van der Waals surface area contributed by atoms with Crippen LogP contribution in [0.3, 0.4) is 0 Å². The third kappa shape index (κ3) is 4.94. The van der Waals surface area contributed by atoms with Gasteiger partial charge in [0, 0.05) is 18.4 Å². The summed E-state index contributed by atoms with van der Waals surface area (Å²) >= 11 is 0. The Hall–Kier alpha value is -2.15. The second-order valence-corrected chi connectivity index (χ2v) is 3.66. The van der Waals surface area contributed by atoms with Crippen molar-refractivity contribution in [1.29, 1.82) is 0 Å². The fourth-order valence-corrected chi connectivity index (χ4v) is 1.42. The van der Waals surface area contributed by atoms with Gasteiger partial charge in [0.15, 0.2) is 0 Å². The first-order valence-electron chi connectivity index (χ1n) is 4.96. The number of nitrogens with zero attached hydrogens (tertiary/aromatic N) is 2. The molecule has 0 aliphatic heterocycles. The molecule has 6 N–H and O–H groups in total. The molecule has 0 unspecified atom stereocenters. The van der Waals surface area contributed by atoms with Gasteiger partial charge in [0.1, 0.15) is 0 Å². The van der Waals surface area contributed by atoms with Crippen molar-refractivity contribution >= 4 is 17.5 Å². The van der Waals surface area contributed by atoms with Gasteiger partial charge < -0.3 is 17.2 Å². The zero-order valence-corrected chi connectivity index (χ0v) is 9.30. The molecule has 1 heterocycles. The molecule has 0 saturated carbocycles. The molecule has 92 valence electrons. The number of pyridine rings is 1. The number of anilines is 1. The molecule has 2 amide bonds. The highest BCUT2D eigenvalue weighted by Crippen LogP contribution is 2.05. The Bertz CT molecular complexity index is 405. The van der Waals surface area contributed by atoms with Crippen LogP contribution in [0.2, 0.25) is 0 Å². The van der Waals surface area contributed by atoms with Crippen molar-refractivity contribution in [2.75, 3.05) is 18.8 Å². The van der Waals surface area contributed by atoms with E-state index in [4.69, 9.17) is 17.2 Å². The Morgan fingerprint density at radius 1 is 1.24 bits per heavy atom. The van der Waals surface area contributed by atoms with Crippen LogP contribution in [0.5, 0.6) is 0 Å². The Morgan fingerprint density at radius 3 is 2.29 bits per heavy atom. The van der Waals surface area contributed by atoms with Crippen molar-refractivity contribution in [2.45, 2.75) is 6.54 Å². The number of nitrogens with two attached hydrogens (primary N) is 3. The maximum absolute atomic E-state index is 10.8. The van der Waals surface area contributed by atoms with E-state index in [1.807, 2.05) is 0 Å². The number of hydrogen-bond donors (Lipinski definition) is 3. The molecule has 0 spiro atoms. The second kappa shape index (κ2) is 5.80. The van der Waals surface area contributed by atoms with Gasteiger partial charge in [0.2, 0.25) is 11.8 Å². The Morgan fingerprint density at radius 2 is 1.82 bits per heavy atom. The van der Waals surface area contributed by atoms with E-state index >= 15 is 0 Å². The third-order valence-corrected chi connectivity index (χ3v) is 1.99. The number of carbonyl (C=O) groups is 2. The Kier molecular flexibility index (Phi) is 4.41. The summed E-state index contributed by atoms with van der Waals surface area (Å²) in [7, 11) is 0. The van der Waals surface area contributed by atoms with Crippen molar-refractivity contribution < 1.29 is 9.59 Å². The zero-order valence-electron chi connectivity index (χ0n) is 9.30. The summed E-state index contributed by atoms with van der Waals surface area (Å²) in [6.07, 6.45) is 1.55. The number of amides is 2. The highest BCUT2D eigenvalue weighted by molar-refractivity contribution is 5.79. The van der Waals surface area contributed by atoms with Crippen molar-refractivity contribution in [2.24, 2.45) is 11.5 Å². The zero-order chi connectivity index (χ0) is 12.8. The molecule has 0 saturated heterocycles. The number of rotatable bonds is 6. The molecule has 0 radical (unpaired) electrons. The van der Waals surface area contributed by atoms with Crippen molar-refractivity contribution in [3.63, 3.8) is 0 Å². The van der Waals surface area contributed by atoms with Crippen LogP contribution in [-0.2, 0) is 16.1 Å². The largest absolute Gasteiger partial charge is 0.399 e. The maximum atomic E-state index is 10.8. The molecule has 1 rings (SSSR count). The molecule has 7 heteroatoms. The van der Waals surface area contributed by atoms with E-state index in [-0.39, 0.29) is 19.6 Å². The van der Waals surface area contributed by atoms with Crippen molar-refractivity contribution in [3.8, 4) is 0 Å². The van der Waals surface area contributed by atoms with E-state index < -0.39 is 11.8 Å². The van der Waals surface area contributed by atoms with Gasteiger partial charge in [-0.05, 0) is 12.1 Å². The normalized spacial score (nSPS) is 10.4. The number of nitrogen functional groups attached to an aromatic ring is 1. The van der Waals surface area contributed by atoms with Gasteiger partial charge in [-0.25, -0.2) is 0 Å². The number of aromatic nitrogens is 1. The summed E-state index contributed by atoms with van der Waals surface area (Å²) in [4.78, 5) is 27.2. The smallest absolute Gasteiger partial charge is 0.231 e. The highest BCUT2D eigenvalue weighted by atomic mass is 16.2. The summed E-state index contributed by atoms with van der Waals surface area (Å²) in [5, 5.41) is 0. The molecule has 0 fully saturated rings. The van der Waals surface area contributed by atoms with Crippen molar-refractivity contribution in [3.05, 3.63) is 24.0 Å². The minimum absolute atomic E-state index is 0.0561. The highest BCUT2D eigenvalue weighted by Gasteiger charge is 2.12. The standard InChI is InChI=1S/C10H15N5O2/c11-7-1-2-14-8(3-7)4-15(5-9(12)16)6-10(13)17/h1-3H,4-6H2,(H2,11,14)(H2,12,16)(H2,13,17). The predicted molar refractivity (Wildman–Crippen MR) is 62.3 cm³/mol. The summed E-state index contributed by atoms with van der Waals surface area (Å²) in [5.41, 5.74) is 17.0. The first-order valence-corrected chi connectivity index (χ1v) is 4.96. The molecule has 0 atom stereocenters. The van der Waals surface area contributed by atoms with E-state index in [1.165, 1.54) is 4.90 Å². The molecular weight excluding hydrogens is 222 g/mol. The lowest BCUT2D eigenvalue weighted by Gasteiger charge is -2.18. The van der Waals surface area contributed by atoms with Gasteiger partial charge in [-0.2, -0.15) is 0 Å². The lowest BCUT2D eigenvalue weighted by Crippen LogP contribution is -2.39. The summed E-state index contributed by atoms with van der Waals surface area (Å²) in [5.74, 6) is -1.06. The molecule has 17 heavy (non-hydrogen) atoms. The van der Waals surface area contributed by atoms with Gasteiger partial charge in [0.25, 0.3) is 0 Å². The van der Waals surface area contributed by atoms with E-state index in [2.05, 4.69) is 4.98 Å². The van der Waals surface area contributed by atoms with E-state index in [0.29, 0.717) is 11.4 Å². The van der Waals surface area contributed by atoms with Crippen LogP contribution in [0.25, 0.3) is 0 Å². The first kappa shape index (κ1) is 12.9. The maximum Gasteiger partial charge on any atom is 0.231 e. The monoisotopic (exact) mass is 237 g/mol. The minimum Gasteiger partial charge on any atom is -0.399 e. The van der Waals surface area contributed by atoms with Crippen LogP contribution in [0.15, 0.2) is 18.3 Å². The van der Waals surface area contributed by atoms with Gasteiger partial charge in [-0.3, -0.25) is 19.5 Å². The predicted octanol–water partition coefficient (Wildman–Crippen LogP) is -1.56. The van der Waals surface area contributed by atoms with E-state index in [0.717, 1.165) is 0 Å². The number of hydrogen-bond acceptors (Lipinski definition) is 5.